The number of hydrogen-bond donors (Lipinski definition) is 2. The van der Waals surface area contributed by atoms with Gasteiger partial charge in [0.15, 0.2) is 0 Å². The topological polar surface area (TPSA) is 62.1 Å². The van der Waals surface area contributed by atoms with Gasteiger partial charge < -0.3 is 10.7 Å². The van der Waals surface area contributed by atoms with Crippen molar-refractivity contribution in [3.8, 4) is 0 Å². The lowest BCUT2D eigenvalue weighted by molar-refractivity contribution is -0.122. The second-order valence-corrected chi connectivity index (χ2v) is 3.90. The van der Waals surface area contributed by atoms with E-state index in [1.165, 1.54) is 0 Å². The molecule has 82 valence electrons. The standard InChI is InChI=1S/C10H14FN3O/c11-8-3-9(10(12)15)14(6-8)5-7-1-2-13-4-7/h1-2,4,8-9,13H,3,5-6H2,(H2,12,15)/t8-,9+/m1/s1. The summed E-state index contributed by atoms with van der Waals surface area (Å²) in [5.41, 5.74) is 6.26. The van der Waals surface area contributed by atoms with Crippen LogP contribution in [-0.4, -0.2) is 34.5 Å². The van der Waals surface area contributed by atoms with E-state index in [1.54, 1.807) is 11.1 Å². The zero-order chi connectivity index (χ0) is 10.8. The zero-order valence-electron chi connectivity index (χ0n) is 8.32. The van der Waals surface area contributed by atoms with Crippen LogP contribution in [-0.2, 0) is 11.3 Å². The van der Waals surface area contributed by atoms with Crippen molar-refractivity contribution in [1.82, 2.24) is 9.88 Å². The van der Waals surface area contributed by atoms with Crippen LogP contribution in [0.15, 0.2) is 18.5 Å². The van der Waals surface area contributed by atoms with E-state index < -0.39 is 18.1 Å². The Labute approximate surface area is 87.3 Å². The summed E-state index contributed by atoms with van der Waals surface area (Å²) in [5, 5.41) is 0. The lowest BCUT2D eigenvalue weighted by Gasteiger charge is -2.20. The third-order valence-electron chi connectivity index (χ3n) is 2.73. The minimum atomic E-state index is -0.943. The molecule has 1 amide bonds. The third-order valence-corrected chi connectivity index (χ3v) is 2.73. The number of nitrogens with two attached hydrogens (primary N) is 1. The molecule has 0 bridgehead atoms. The molecule has 2 rings (SSSR count). The molecule has 0 aliphatic carbocycles. The van der Waals surface area contributed by atoms with Gasteiger partial charge in [0, 0.05) is 31.9 Å². The van der Waals surface area contributed by atoms with Gasteiger partial charge in [0.05, 0.1) is 6.04 Å². The summed E-state index contributed by atoms with van der Waals surface area (Å²) in [4.78, 5) is 15.8. The molecule has 1 aliphatic rings. The molecule has 15 heavy (non-hydrogen) atoms. The molecule has 1 aliphatic heterocycles. The molecule has 1 aromatic heterocycles. The van der Waals surface area contributed by atoms with E-state index >= 15 is 0 Å². The van der Waals surface area contributed by atoms with Crippen LogP contribution in [0.4, 0.5) is 4.39 Å². The number of carbonyl (C=O) groups excluding carboxylic acids is 1. The molecule has 0 aromatic carbocycles. The van der Waals surface area contributed by atoms with Crippen molar-refractivity contribution < 1.29 is 9.18 Å². The summed E-state index contributed by atoms with van der Waals surface area (Å²) >= 11 is 0. The number of carbonyl (C=O) groups is 1. The summed E-state index contributed by atoms with van der Waals surface area (Å²) in [6.45, 7) is 0.857. The van der Waals surface area contributed by atoms with Gasteiger partial charge in [0.2, 0.25) is 5.91 Å². The van der Waals surface area contributed by atoms with E-state index in [1.807, 2.05) is 12.3 Å². The van der Waals surface area contributed by atoms with Crippen molar-refractivity contribution in [3.63, 3.8) is 0 Å². The van der Waals surface area contributed by atoms with E-state index in [9.17, 15) is 9.18 Å². The van der Waals surface area contributed by atoms with E-state index in [4.69, 9.17) is 5.73 Å². The highest BCUT2D eigenvalue weighted by Crippen LogP contribution is 2.22. The van der Waals surface area contributed by atoms with Gasteiger partial charge in [0.1, 0.15) is 6.17 Å². The molecule has 0 spiro atoms. The Morgan fingerprint density at radius 3 is 3.13 bits per heavy atom. The largest absolute Gasteiger partial charge is 0.368 e. The number of aromatic amines is 1. The molecule has 1 saturated heterocycles. The summed E-state index contributed by atoms with van der Waals surface area (Å²) in [5.74, 6) is -0.439. The van der Waals surface area contributed by atoms with Crippen LogP contribution in [0.2, 0.25) is 0 Å². The molecule has 0 saturated carbocycles. The number of nitrogens with one attached hydrogen (secondary N) is 1. The molecule has 3 N–H and O–H groups in total. The van der Waals surface area contributed by atoms with Crippen LogP contribution in [0.5, 0.6) is 0 Å². The van der Waals surface area contributed by atoms with Crippen molar-refractivity contribution >= 4 is 5.91 Å². The van der Waals surface area contributed by atoms with Crippen molar-refractivity contribution in [1.29, 1.82) is 0 Å². The summed E-state index contributed by atoms with van der Waals surface area (Å²) in [6, 6.07) is 1.44. The summed E-state index contributed by atoms with van der Waals surface area (Å²) in [6.07, 6.45) is 2.92. The minimum Gasteiger partial charge on any atom is -0.368 e. The fourth-order valence-corrected chi connectivity index (χ4v) is 2.01. The highest BCUT2D eigenvalue weighted by molar-refractivity contribution is 5.80. The highest BCUT2D eigenvalue weighted by atomic mass is 19.1. The number of nitrogens with zero attached hydrogens (tertiary/aromatic N) is 1. The van der Waals surface area contributed by atoms with Crippen LogP contribution >= 0.6 is 0 Å². The average Bonchev–Trinajstić information content (AvgIpc) is 2.75. The molecule has 2 atom stereocenters. The van der Waals surface area contributed by atoms with Gasteiger partial charge in [-0.25, -0.2) is 4.39 Å². The second kappa shape index (κ2) is 4.02. The number of likely N-dealkylation sites (tertiary alicyclic amines) is 1. The highest BCUT2D eigenvalue weighted by Gasteiger charge is 2.35. The van der Waals surface area contributed by atoms with E-state index in [-0.39, 0.29) is 6.42 Å². The van der Waals surface area contributed by atoms with E-state index in [0.29, 0.717) is 13.1 Å². The van der Waals surface area contributed by atoms with Crippen molar-refractivity contribution in [2.45, 2.75) is 25.2 Å². The molecule has 1 fully saturated rings. The maximum atomic E-state index is 13.2. The van der Waals surface area contributed by atoms with Crippen LogP contribution in [0, 0.1) is 0 Å². The number of alkyl halides is 1. The van der Waals surface area contributed by atoms with Gasteiger partial charge in [-0.3, -0.25) is 9.69 Å². The first-order chi connectivity index (χ1) is 7.16. The van der Waals surface area contributed by atoms with Crippen LogP contribution < -0.4 is 5.73 Å². The quantitative estimate of drug-likeness (QED) is 0.760. The number of primary amides is 1. The first kappa shape index (κ1) is 10.2. The summed E-state index contributed by atoms with van der Waals surface area (Å²) < 4.78 is 13.2. The molecular weight excluding hydrogens is 197 g/mol. The molecule has 0 radical (unpaired) electrons. The Balaban J connectivity index is 2.04. The van der Waals surface area contributed by atoms with Crippen molar-refractivity contribution in [2.75, 3.05) is 6.54 Å². The lowest BCUT2D eigenvalue weighted by atomic mass is 10.2. The first-order valence-electron chi connectivity index (χ1n) is 4.96. The molecular formula is C10H14FN3O. The molecule has 5 heteroatoms. The van der Waals surface area contributed by atoms with Crippen LogP contribution in [0.1, 0.15) is 12.0 Å². The maximum absolute atomic E-state index is 13.2. The Bertz CT molecular complexity index is 338. The predicted octanol–water partition coefficient (Wildman–Crippen LogP) is 0.412. The lowest BCUT2D eigenvalue weighted by Crippen LogP contribution is -2.39. The normalized spacial score (nSPS) is 27.0. The zero-order valence-corrected chi connectivity index (χ0v) is 8.32. The first-order valence-corrected chi connectivity index (χ1v) is 4.96. The summed E-state index contributed by atoms with van der Waals surface area (Å²) in [7, 11) is 0. The fraction of sp³-hybridized carbons (Fsp3) is 0.500. The molecule has 0 unspecified atom stereocenters. The maximum Gasteiger partial charge on any atom is 0.234 e. The van der Waals surface area contributed by atoms with Crippen molar-refractivity contribution in [3.05, 3.63) is 24.0 Å². The monoisotopic (exact) mass is 211 g/mol. The second-order valence-electron chi connectivity index (χ2n) is 3.90. The van der Waals surface area contributed by atoms with Gasteiger partial charge in [-0.05, 0) is 11.6 Å². The smallest absolute Gasteiger partial charge is 0.234 e. The predicted molar refractivity (Wildman–Crippen MR) is 53.7 cm³/mol. The van der Waals surface area contributed by atoms with Crippen molar-refractivity contribution in [2.24, 2.45) is 5.73 Å². The Morgan fingerprint density at radius 2 is 2.53 bits per heavy atom. The van der Waals surface area contributed by atoms with Gasteiger partial charge in [-0.15, -0.1) is 0 Å². The number of aromatic nitrogens is 1. The fourth-order valence-electron chi connectivity index (χ4n) is 2.01. The van der Waals surface area contributed by atoms with Gasteiger partial charge in [-0.2, -0.15) is 0 Å². The van der Waals surface area contributed by atoms with E-state index in [2.05, 4.69) is 4.98 Å². The molecule has 2 heterocycles. The van der Waals surface area contributed by atoms with Crippen LogP contribution in [0.3, 0.4) is 0 Å². The third kappa shape index (κ3) is 2.18. The SMILES string of the molecule is NC(=O)[C@@H]1C[C@@H](F)CN1Cc1cc[nH]c1. The number of H-pyrrole nitrogens is 1. The van der Waals surface area contributed by atoms with Crippen LogP contribution in [0.25, 0.3) is 0 Å². The van der Waals surface area contributed by atoms with Gasteiger partial charge >= 0.3 is 0 Å². The number of amides is 1. The number of rotatable bonds is 3. The molecule has 4 nitrogen and oxygen atoms in total. The number of halogens is 1. The van der Waals surface area contributed by atoms with E-state index in [0.717, 1.165) is 5.56 Å². The minimum absolute atomic E-state index is 0.222. The Morgan fingerprint density at radius 1 is 1.73 bits per heavy atom. The average molecular weight is 211 g/mol. The Hall–Kier alpha value is -1.36. The Kier molecular flexibility index (Phi) is 2.73. The number of hydrogen-bond acceptors (Lipinski definition) is 2. The van der Waals surface area contributed by atoms with Gasteiger partial charge in [-0.1, -0.05) is 0 Å². The van der Waals surface area contributed by atoms with Gasteiger partial charge in [0.25, 0.3) is 0 Å². The molecule has 1 aromatic rings.